The lowest BCUT2D eigenvalue weighted by molar-refractivity contribution is 0.0261. The van der Waals surface area contributed by atoms with Crippen molar-refractivity contribution in [1.29, 1.82) is 0 Å². The van der Waals surface area contributed by atoms with Crippen molar-refractivity contribution in [3.63, 3.8) is 0 Å². The van der Waals surface area contributed by atoms with Gasteiger partial charge in [0.25, 0.3) is 0 Å². The fourth-order valence-electron chi connectivity index (χ4n) is 2.27. The summed E-state index contributed by atoms with van der Waals surface area (Å²) in [5.74, 6) is 1.27. The van der Waals surface area contributed by atoms with E-state index < -0.39 is 0 Å². The Balaban J connectivity index is 2.14. The minimum absolute atomic E-state index is 0.0728. The van der Waals surface area contributed by atoms with Crippen LogP contribution in [0.4, 0.5) is 0 Å². The molecule has 0 bridgehead atoms. The minimum Gasteiger partial charge on any atom is -0.393 e. The van der Waals surface area contributed by atoms with E-state index in [1.165, 1.54) is 12.8 Å². The summed E-state index contributed by atoms with van der Waals surface area (Å²) in [5.41, 5.74) is 0. The predicted octanol–water partition coefficient (Wildman–Crippen LogP) is 2.60. The van der Waals surface area contributed by atoms with Crippen LogP contribution in [0, 0.1) is 11.8 Å². The molecule has 0 aromatic rings. The molecule has 2 nitrogen and oxygen atoms in total. The highest BCUT2D eigenvalue weighted by atomic mass is 16.5. The number of hydrogen-bond acceptors (Lipinski definition) is 2. The van der Waals surface area contributed by atoms with Gasteiger partial charge in [-0.15, -0.1) is 0 Å². The Morgan fingerprint density at radius 3 is 2.79 bits per heavy atom. The third-order valence-corrected chi connectivity index (χ3v) is 3.19. The molecule has 2 heteroatoms. The van der Waals surface area contributed by atoms with Crippen LogP contribution in [0.25, 0.3) is 0 Å². The van der Waals surface area contributed by atoms with Gasteiger partial charge in [0.15, 0.2) is 0 Å². The topological polar surface area (TPSA) is 29.5 Å². The Labute approximate surface area is 87.7 Å². The van der Waals surface area contributed by atoms with Crippen molar-refractivity contribution in [2.45, 2.75) is 52.1 Å². The lowest BCUT2D eigenvalue weighted by Gasteiger charge is -2.31. The second kappa shape index (κ2) is 6.41. The molecular formula is C12H24O2. The maximum Gasteiger partial charge on any atom is 0.0569 e. The second-order valence-corrected chi connectivity index (χ2v) is 4.65. The van der Waals surface area contributed by atoms with Crippen molar-refractivity contribution in [3.8, 4) is 0 Å². The molecule has 1 saturated carbocycles. The molecule has 0 heterocycles. The predicted molar refractivity (Wildman–Crippen MR) is 58.2 cm³/mol. The monoisotopic (exact) mass is 200 g/mol. The Hall–Kier alpha value is -0.0800. The van der Waals surface area contributed by atoms with Gasteiger partial charge in [-0.1, -0.05) is 13.8 Å². The molecule has 1 aliphatic carbocycles. The summed E-state index contributed by atoms with van der Waals surface area (Å²) in [6, 6.07) is 0. The lowest BCUT2D eigenvalue weighted by Crippen LogP contribution is -2.29. The molecule has 0 radical (unpaired) electrons. The summed E-state index contributed by atoms with van der Waals surface area (Å²) in [5, 5.41) is 9.79. The highest BCUT2D eigenvalue weighted by Gasteiger charge is 2.26. The first-order valence-electron chi connectivity index (χ1n) is 5.99. The van der Waals surface area contributed by atoms with Crippen LogP contribution in [0.15, 0.2) is 0 Å². The number of aliphatic hydroxyl groups excluding tert-OH is 1. The van der Waals surface area contributed by atoms with Crippen LogP contribution < -0.4 is 0 Å². The second-order valence-electron chi connectivity index (χ2n) is 4.65. The van der Waals surface area contributed by atoms with Crippen LogP contribution in [0.3, 0.4) is 0 Å². The fraction of sp³-hybridized carbons (Fsp3) is 1.00. The van der Waals surface area contributed by atoms with Crippen molar-refractivity contribution in [1.82, 2.24) is 0 Å². The van der Waals surface area contributed by atoms with Gasteiger partial charge in [-0.25, -0.2) is 0 Å². The zero-order chi connectivity index (χ0) is 10.4. The summed E-state index contributed by atoms with van der Waals surface area (Å²) in [7, 11) is 0. The van der Waals surface area contributed by atoms with Gasteiger partial charge in [0, 0.05) is 13.2 Å². The molecule has 0 saturated heterocycles. The van der Waals surface area contributed by atoms with Crippen LogP contribution in [0.1, 0.15) is 46.0 Å². The van der Waals surface area contributed by atoms with E-state index in [-0.39, 0.29) is 6.10 Å². The standard InChI is InChI=1S/C12H24O2/c1-3-7-14-8-6-11-9-10(2)4-5-12(11)13/h10-13H,3-9H2,1-2H3. The van der Waals surface area contributed by atoms with Crippen LogP contribution >= 0.6 is 0 Å². The summed E-state index contributed by atoms with van der Waals surface area (Å²) in [6.45, 7) is 6.09. The van der Waals surface area contributed by atoms with Gasteiger partial charge in [0.1, 0.15) is 0 Å². The maximum atomic E-state index is 9.79. The molecule has 0 aromatic heterocycles. The quantitative estimate of drug-likeness (QED) is 0.691. The average molecular weight is 200 g/mol. The zero-order valence-electron chi connectivity index (χ0n) is 9.54. The molecule has 1 fully saturated rings. The first kappa shape index (κ1) is 12.0. The molecule has 3 atom stereocenters. The van der Waals surface area contributed by atoms with E-state index in [1.807, 2.05) is 0 Å². The molecule has 14 heavy (non-hydrogen) atoms. The van der Waals surface area contributed by atoms with E-state index in [4.69, 9.17) is 4.74 Å². The minimum atomic E-state index is -0.0728. The van der Waals surface area contributed by atoms with Crippen molar-refractivity contribution in [2.75, 3.05) is 13.2 Å². The van der Waals surface area contributed by atoms with Gasteiger partial charge in [-0.05, 0) is 43.9 Å². The molecule has 1 aliphatic rings. The summed E-state index contributed by atoms with van der Waals surface area (Å²) < 4.78 is 5.46. The van der Waals surface area contributed by atoms with E-state index in [2.05, 4.69) is 13.8 Å². The Morgan fingerprint density at radius 2 is 2.07 bits per heavy atom. The number of aliphatic hydroxyl groups is 1. The largest absolute Gasteiger partial charge is 0.393 e. The summed E-state index contributed by atoms with van der Waals surface area (Å²) in [4.78, 5) is 0. The molecule has 0 aliphatic heterocycles. The van der Waals surface area contributed by atoms with Crippen LogP contribution in [-0.4, -0.2) is 24.4 Å². The highest BCUT2D eigenvalue weighted by Crippen LogP contribution is 2.30. The van der Waals surface area contributed by atoms with Crippen LogP contribution in [-0.2, 0) is 4.74 Å². The number of hydrogen-bond donors (Lipinski definition) is 1. The molecule has 0 aromatic carbocycles. The van der Waals surface area contributed by atoms with Gasteiger partial charge in [0.2, 0.25) is 0 Å². The van der Waals surface area contributed by atoms with Crippen molar-refractivity contribution < 1.29 is 9.84 Å². The maximum absolute atomic E-state index is 9.79. The van der Waals surface area contributed by atoms with E-state index in [0.717, 1.165) is 38.4 Å². The van der Waals surface area contributed by atoms with Crippen molar-refractivity contribution >= 4 is 0 Å². The van der Waals surface area contributed by atoms with Crippen LogP contribution in [0.5, 0.6) is 0 Å². The van der Waals surface area contributed by atoms with E-state index >= 15 is 0 Å². The summed E-state index contributed by atoms with van der Waals surface area (Å²) >= 11 is 0. The zero-order valence-corrected chi connectivity index (χ0v) is 9.54. The fourth-order valence-corrected chi connectivity index (χ4v) is 2.27. The first-order chi connectivity index (χ1) is 6.74. The number of ether oxygens (including phenoxy) is 1. The molecular weight excluding hydrogens is 176 g/mol. The summed E-state index contributed by atoms with van der Waals surface area (Å²) in [6.07, 6.45) is 5.40. The van der Waals surface area contributed by atoms with Gasteiger partial charge in [-0.3, -0.25) is 0 Å². The molecule has 3 unspecified atom stereocenters. The Bertz CT molecular complexity index is 147. The first-order valence-corrected chi connectivity index (χ1v) is 5.99. The average Bonchev–Trinajstić information content (AvgIpc) is 2.18. The van der Waals surface area contributed by atoms with Gasteiger partial charge in [-0.2, -0.15) is 0 Å². The van der Waals surface area contributed by atoms with Gasteiger partial charge in [0.05, 0.1) is 6.10 Å². The van der Waals surface area contributed by atoms with E-state index in [9.17, 15) is 5.11 Å². The smallest absolute Gasteiger partial charge is 0.0569 e. The Kier molecular flexibility index (Phi) is 5.49. The highest BCUT2D eigenvalue weighted by molar-refractivity contribution is 4.77. The number of rotatable bonds is 5. The third-order valence-electron chi connectivity index (χ3n) is 3.19. The molecule has 0 amide bonds. The van der Waals surface area contributed by atoms with Gasteiger partial charge < -0.3 is 9.84 Å². The molecule has 84 valence electrons. The van der Waals surface area contributed by atoms with Crippen LogP contribution in [0.2, 0.25) is 0 Å². The van der Waals surface area contributed by atoms with Gasteiger partial charge >= 0.3 is 0 Å². The van der Waals surface area contributed by atoms with Crippen molar-refractivity contribution in [3.05, 3.63) is 0 Å². The van der Waals surface area contributed by atoms with Crippen molar-refractivity contribution in [2.24, 2.45) is 11.8 Å². The Morgan fingerprint density at radius 1 is 1.29 bits per heavy atom. The normalized spacial score (nSPS) is 33.2. The van der Waals surface area contributed by atoms with E-state index in [0.29, 0.717) is 5.92 Å². The molecule has 1 N–H and O–H groups in total. The van der Waals surface area contributed by atoms with E-state index in [1.54, 1.807) is 0 Å². The third kappa shape index (κ3) is 3.97. The lowest BCUT2D eigenvalue weighted by atomic mass is 9.79. The SMILES string of the molecule is CCCOCCC1CC(C)CCC1O. The molecule has 0 spiro atoms. The molecule has 1 rings (SSSR count).